The van der Waals surface area contributed by atoms with Gasteiger partial charge in [0.2, 0.25) is 0 Å². The van der Waals surface area contributed by atoms with Crippen molar-refractivity contribution in [2.45, 2.75) is 347 Å². The molecule has 444 valence electrons. The summed E-state index contributed by atoms with van der Waals surface area (Å²) >= 11 is 0. The third kappa shape index (κ3) is 59.5. The number of allylic oxidation sites excluding steroid dienone is 2. The molecule has 2 atom stereocenters. The largest absolute Gasteiger partial charge is 0.477 e. The molecule has 0 aliphatic carbocycles. The molecule has 2 unspecified atom stereocenters. The van der Waals surface area contributed by atoms with Gasteiger partial charge in [-0.15, -0.1) is 0 Å². The van der Waals surface area contributed by atoms with E-state index in [1.165, 1.54) is 270 Å². The number of carboxylic acid groups (broad SMARTS) is 1. The van der Waals surface area contributed by atoms with Crippen molar-refractivity contribution < 1.29 is 42.9 Å². The van der Waals surface area contributed by atoms with Crippen molar-refractivity contribution in [3.8, 4) is 0 Å². The number of carbonyl (C=O) groups is 3. The van der Waals surface area contributed by atoms with E-state index in [-0.39, 0.29) is 38.2 Å². The molecule has 0 saturated heterocycles. The molecule has 0 aromatic rings. The second kappa shape index (κ2) is 58.2. The fraction of sp³-hybridized carbons (Fsp3) is 0.924. The van der Waals surface area contributed by atoms with Gasteiger partial charge < -0.3 is 28.5 Å². The van der Waals surface area contributed by atoms with E-state index >= 15 is 0 Å². The molecule has 0 fully saturated rings. The van der Waals surface area contributed by atoms with Crippen LogP contribution in [0, 0.1) is 0 Å². The van der Waals surface area contributed by atoms with Gasteiger partial charge in [0.15, 0.2) is 6.10 Å². The fourth-order valence-corrected chi connectivity index (χ4v) is 9.95. The van der Waals surface area contributed by atoms with Crippen LogP contribution in [0.25, 0.3) is 0 Å². The maximum Gasteiger partial charge on any atom is 0.361 e. The average molecular weight is 1060 g/mol. The van der Waals surface area contributed by atoms with Gasteiger partial charge >= 0.3 is 17.9 Å². The Kier molecular flexibility index (Phi) is 56.7. The summed E-state index contributed by atoms with van der Waals surface area (Å²) in [5.41, 5.74) is 0. The first kappa shape index (κ1) is 73.0. The van der Waals surface area contributed by atoms with E-state index in [2.05, 4.69) is 26.0 Å². The number of unbranched alkanes of at least 4 members (excludes halogenated alkanes) is 45. The average Bonchev–Trinajstić information content (AvgIpc) is 3.38. The van der Waals surface area contributed by atoms with Crippen LogP contribution in [0.3, 0.4) is 0 Å². The molecule has 0 aliphatic rings. The molecule has 0 spiro atoms. The summed E-state index contributed by atoms with van der Waals surface area (Å²) < 4.78 is 23.0. The van der Waals surface area contributed by atoms with Gasteiger partial charge in [-0.05, 0) is 38.5 Å². The van der Waals surface area contributed by atoms with E-state index in [1.54, 1.807) is 0 Å². The van der Waals surface area contributed by atoms with Crippen LogP contribution >= 0.6 is 0 Å². The number of hydrogen-bond donors (Lipinski definition) is 1. The Hall–Kier alpha value is -1.97. The van der Waals surface area contributed by atoms with Gasteiger partial charge in [-0.3, -0.25) is 9.59 Å². The lowest BCUT2D eigenvalue weighted by Gasteiger charge is -2.25. The van der Waals surface area contributed by atoms with Crippen LogP contribution in [0.4, 0.5) is 0 Å². The second-order valence-corrected chi connectivity index (χ2v) is 23.8. The van der Waals surface area contributed by atoms with E-state index in [0.29, 0.717) is 17.4 Å². The summed E-state index contributed by atoms with van der Waals surface area (Å²) in [6.07, 6.45) is 66.0. The van der Waals surface area contributed by atoms with Crippen molar-refractivity contribution >= 4 is 17.9 Å². The quantitative estimate of drug-likeness (QED) is 0.0211. The highest BCUT2D eigenvalue weighted by atomic mass is 16.7. The molecule has 0 aromatic heterocycles. The molecule has 0 heterocycles. The topological polar surface area (TPSA) is 108 Å². The Morgan fingerprint density at radius 1 is 0.387 bits per heavy atom. The minimum absolute atomic E-state index is 0.176. The zero-order valence-electron chi connectivity index (χ0n) is 50.7. The Morgan fingerprint density at radius 2 is 0.680 bits per heavy atom. The SMILES string of the molecule is CCCCCCCCCC/C=C\CCCCCCCCCCCC(=O)OC(COC(=O)CCCCCCCCCCCCCCCCCCCCCCCCCCCCCCC)COC(OCC[N+](C)(C)C)C(=O)O. The Bertz CT molecular complexity index is 1240. The molecular weight excluding hydrogens is 935 g/mol. The second-order valence-electron chi connectivity index (χ2n) is 23.8. The molecule has 9 heteroatoms. The highest BCUT2D eigenvalue weighted by molar-refractivity contribution is 5.71. The van der Waals surface area contributed by atoms with Crippen LogP contribution in [0.2, 0.25) is 0 Å². The highest BCUT2D eigenvalue weighted by Crippen LogP contribution is 2.18. The molecule has 0 rings (SSSR count). The number of hydrogen-bond acceptors (Lipinski definition) is 7. The maximum absolute atomic E-state index is 12.9. The van der Waals surface area contributed by atoms with Gasteiger partial charge in [0, 0.05) is 12.8 Å². The van der Waals surface area contributed by atoms with Crippen LogP contribution in [0.5, 0.6) is 0 Å². The van der Waals surface area contributed by atoms with Crippen LogP contribution < -0.4 is 0 Å². The van der Waals surface area contributed by atoms with E-state index in [4.69, 9.17) is 18.9 Å². The lowest BCUT2D eigenvalue weighted by Crippen LogP contribution is -2.40. The van der Waals surface area contributed by atoms with Crippen molar-refractivity contribution in [2.75, 3.05) is 47.5 Å². The summed E-state index contributed by atoms with van der Waals surface area (Å²) in [5, 5.41) is 9.72. The van der Waals surface area contributed by atoms with E-state index < -0.39 is 18.4 Å². The standard InChI is InChI=1S/C66H127NO8/c1-6-8-10-12-14-16-18-20-22-24-26-28-29-30-31-32-33-34-35-37-38-40-42-44-46-48-50-52-54-56-63(68)73-60-62(61-74-66(65(70)71)72-59-58-67(3,4)5)75-64(69)57-55-53-51-49-47-45-43-41-39-36-27-25-23-21-19-17-15-13-11-9-7-2/h25,27,62,66H,6-24,26,28-61H2,1-5H3/p+1/b27-25-. The Balaban J connectivity index is 4.08. The monoisotopic (exact) mass is 1060 g/mol. The van der Waals surface area contributed by atoms with Gasteiger partial charge in [-0.25, -0.2) is 4.79 Å². The lowest BCUT2D eigenvalue weighted by atomic mass is 10.0. The molecule has 0 aromatic carbocycles. The van der Waals surface area contributed by atoms with Crippen molar-refractivity contribution in [1.82, 2.24) is 0 Å². The van der Waals surface area contributed by atoms with Crippen LogP contribution in [0.1, 0.15) is 335 Å². The third-order valence-corrected chi connectivity index (χ3v) is 15.0. The predicted molar refractivity (Wildman–Crippen MR) is 318 cm³/mol. The number of rotatable bonds is 62. The summed E-state index contributed by atoms with van der Waals surface area (Å²) in [4.78, 5) is 37.5. The van der Waals surface area contributed by atoms with E-state index in [0.717, 1.165) is 38.5 Å². The molecule has 0 amide bonds. The molecule has 0 radical (unpaired) electrons. The Morgan fingerprint density at radius 3 is 0.987 bits per heavy atom. The van der Waals surface area contributed by atoms with Gasteiger partial charge in [0.1, 0.15) is 13.2 Å². The van der Waals surface area contributed by atoms with Crippen molar-refractivity contribution in [1.29, 1.82) is 0 Å². The summed E-state index contributed by atoms with van der Waals surface area (Å²) in [6, 6.07) is 0. The van der Waals surface area contributed by atoms with Gasteiger partial charge in [-0.2, -0.15) is 0 Å². The van der Waals surface area contributed by atoms with Crippen molar-refractivity contribution in [2.24, 2.45) is 0 Å². The number of aliphatic carboxylic acids is 1. The van der Waals surface area contributed by atoms with E-state index in [1.807, 2.05) is 21.1 Å². The molecule has 1 N–H and O–H groups in total. The summed E-state index contributed by atoms with van der Waals surface area (Å²) in [5.74, 6) is -1.98. The first-order valence-electron chi connectivity index (χ1n) is 32.9. The number of ether oxygens (including phenoxy) is 4. The zero-order valence-corrected chi connectivity index (χ0v) is 50.7. The first-order valence-corrected chi connectivity index (χ1v) is 32.9. The molecule has 9 nitrogen and oxygen atoms in total. The number of carbonyl (C=O) groups excluding carboxylic acids is 2. The van der Waals surface area contributed by atoms with Gasteiger partial charge in [0.25, 0.3) is 6.29 Å². The smallest absolute Gasteiger partial charge is 0.361 e. The van der Waals surface area contributed by atoms with Gasteiger partial charge in [-0.1, -0.05) is 296 Å². The summed E-state index contributed by atoms with van der Waals surface area (Å²) in [7, 11) is 5.99. The molecule has 75 heavy (non-hydrogen) atoms. The molecule has 0 saturated carbocycles. The maximum atomic E-state index is 12.9. The predicted octanol–water partition coefficient (Wildman–Crippen LogP) is 19.7. The van der Waals surface area contributed by atoms with Crippen molar-refractivity contribution in [3.05, 3.63) is 12.2 Å². The third-order valence-electron chi connectivity index (χ3n) is 15.0. The fourth-order valence-electron chi connectivity index (χ4n) is 9.95. The number of nitrogens with zero attached hydrogens (tertiary/aromatic N) is 1. The number of quaternary nitrogens is 1. The van der Waals surface area contributed by atoms with E-state index in [9.17, 15) is 19.5 Å². The summed E-state index contributed by atoms with van der Waals surface area (Å²) in [6.45, 7) is 4.95. The zero-order chi connectivity index (χ0) is 54.8. The van der Waals surface area contributed by atoms with Crippen LogP contribution in [-0.2, 0) is 33.3 Å². The molecule has 0 aliphatic heterocycles. The number of likely N-dealkylation sites (N-methyl/N-ethyl adjacent to an activating group) is 1. The highest BCUT2D eigenvalue weighted by Gasteiger charge is 2.25. The van der Waals surface area contributed by atoms with Crippen LogP contribution in [-0.4, -0.2) is 87.4 Å². The normalized spacial score (nSPS) is 12.7. The minimum Gasteiger partial charge on any atom is -0.477 e. The lowest BCUT2D eigenvalue weighted by molar-refractivity contribution is -0.870. The first-order chi connectivity index (χ1) is 36.6. The van der Waals surface area contributed by atoms with Crippen LogP contribution in [0.15, 0.2) is 12.2 Å². The van der Waals surface area contributed by atoms with Gasteiger partial charge in [0.05, 0.1) is 34.4 Å². The number of carboxylic acids is 1. The van der Waals surface area contributed by atoms with Crippen molar-refractivity contribution in [3.63, 3.8) is 0 Å². The number of esters is 2. The molecular formula is C66H128NO8+. The Labute approximate surface area is 465 Å². The molecule has 0 bridgehead atoms. The minimum atomic E-state index is -1.51.